The predicted octanol–water partition coefficient (Wildman–Crippen LogP) is 0.935. The Bertz CT molecular complexity index is 599. The van der Waals surface area contributed by atoms with Gasteiger partial charge in [-0.2, -0.15) is 0 Å². The van der Waals surface area contributed by atoms with Gasteiger partial charge in [0, 0.05) is 17.3 Å². The van der Waals surface area contributed by atoms with Crippen molar-refractivity contribution in [2.24, 2.45) is 5.73 Å². The maximum Gasteiger partial charge on any atom is 0.274 e. The molecule has 1 aromatic carbocycles. The fourth-order valence-corrected chi connectivity index (χ4v) is 2.03. The molecule has 0 aliphatic rings. The molecule has 2 aromatic rings. The Morgan fingerprint density at radius 1 is 1.44 bits per heavy atom. The van der Waals surface area contributed by atoms with Crippen molar-refractivity contribution in [3.05, 3.63) is 45.9 Å². The van der Waals surface area contributed by atoms with Crippen molar-refractivity contribution in [3.8, 4) is 11.4 Å². The third-order valence-electron chi connectivity index (χ3n) is 2.91. The van der Waals surface area contributed by atoms with Gasteiger partial charge in [-0.25, -0.2) is 4.68 Å². The minimum atomic E-state index is -0.0945. The summed E-state index contributed by atoms with van der Waals surface area (Å²) in [5, 5.41) is 12.5. The number of phenolic OH excluding ortho intramolecular Hbond substituents is 1. The molecule has 0 aliphatic carbocycles. The zero-order valence-electron chi connectivity index (χ0n) is 10.3. The van der Waals surface area contributed by atoms with E-state index in [9.17, 15) is 9.90 Å². The van der Waals surface area contributed by atoms with Crippen LogP contribution >= 0.6 is 0 Å². The number of H-pyrrole nitrogens is 1. The number of hydrogen-bond donors (Lipinski definition) is 3. The highest BCUT2D eigenvalue weighted by Crippen LogP contribution is 2.14. The van der Waals surface area contributed by atoms with Crippen molar-refractivity contribution < 1.29 is 5.11 Å². The van der Waals surface area contributed by atoms with E-state index in [1.54, 1.807) is 24.3 Å². The molecule has 0 radical (unpaired) electrons. The minimum Gasteiger partial charge on any atom is -0.508 e. The zero-order valence-corrected chi connectivity index (χ0v) is 10.3. The van der Waals surface area contributed by atoms with Crippen LogP contribution in [0.15, 0.2) is 29.1 Å². The highest BCUT2D eigenvalue weighted by Gasteiger charge is 2.13. The third-order valence-corrected chi connectivity index (χ3v) is 2.91. The van der Waals surface area contributed by atoms with Crippen molar-refractivity contribution >= 4 is 0 Å². The topological polar surface area (TPSA) is 84.0 Å². The van der Waals surface area contributed by atoms with Crippen LogP contribution in [0.3, 0.4) is 0 Å². The van der Waals surface area contributed by atoms with Crippen molar-refractivity contribution in [1.29, 1.82) is 0 Å². The molecule has 0 saturated heterocycles. The molecule has 0 fully saturated rings. The minimum absolute atomic E-state index is 0.0945. The van der Waals surface area contributed by atoms with Gasteiger partial charge in [-0.1, -0.05) is 13.0 Å². The summed E-state index contributed by atoms with van der Waals surface area (Å²) in [7, 11) is 0. The molecule has 1 aromatic heterocycles. The molecule has 0 unspecified atom stereocenters. The van der Waals surface area contributed by atoms with Crippen LogP contribution in [-0.4, -0.2) is 21.4 Å². The Kier molecular flexibility index (Phi) is 3.53. The second-order valence-corrected chi connectivity index (χ2v) is 4.12. The lowest BCUT2D eigenvalue weighted by atomic mass is 10.1. The Labute approximate surface area is 105 Å². The summed E-state index contributed by atoms with van der Waals surface area (Å²) in [6.07, 6.45) is 1.31. The molecule has 0 spiro atoms. The van der Waals surface area contributed by atoms with Gasteiger partial charge in [-0.3, -0.25) is 9.89 Å². The Morgan fingerprint density at radius 2 is 2.22 bits per heavy atom. The number of phenols is 1. The van der Waals surface area contributed by atoms with Crippen molar-refractivity contribution in [2.75, 3.05) is 6.54 Å². The van der Waals surface area contributed by atoms with Gasteiger partial charge in [0.05, 0.1) is 5.69 Å². The highest BCUT2D eigenvalue weighted by molar-refractivity contribution is 5.39. The molecule has 0 atom stereocenters. The molecule has 1 heterocycles. The Hall–Kier alpha value is -2.01. The van der Waals surface area contributed by atoms with Gasteiger partial charge in [0.2, 0.25) is 0 Å². The van der Waals surface area contributed by atoms with Gasteiger partial charge in [0.25, 0.3) is 5.56 Å². The molecule has 2 rings (SSSR count). The molecule has 5 heteroatoms. The number of aryl methyl sites for hydroxylation is 1. The van der Waals surface area contributed by atoms with E-state index in [4.69, 9.17) is 5.73 Å². The first-order valence-electron chi connectivity index (χ1n) is 5.99. The van der Waals surface area contributed by atoms with E-state index in [1.165, 1.54) is 4.68 Å². The van der Waals surface area contributed by atoms with E-state index in [-0.39, 0.29) is 11.3 Å². The molecule has 18 heavy (non-hydrogen) atoms. The first kappa shape index (κ1) is 12.4. The van der Waals surface area contributed by atoms with Crippen LogP contribution in [0.2, 0.25) is 0 Å². The average Bonchev–Trinajstić information content (AvgIpc) is 2.67. The summed E-state index contributed by atoms with van der Waals surface area (Å²) in [6.45, 7) is 2.43. The quantitative estimate of drug-likeness (QED) is 0.751. The normalized spacial score (nSPS) is 10.8. The highest BCUT2D eigenvalue weighted by atomic mass is 16.3. The smallest absolute Gasteiger partial charge is 0.274 e. The molecule has 96 valence electrons. The lowest BCUT2D eigenvalue weighted by molar-refractivity contribution is 0.474. The number of aromatic nitrogens is 2. The van der Waals surface area contributed by atoms with Crippen LogP contribution in [0.1, 0.15) is 18.2 Å². The molecule has 0 saturated carbocycles. The predicted molar refractivity (Wildman–Crippen MR) is 70.2 cm³/mol. The van der Waals surface area contributed by atoms with Crippen molar-refractivity contribution in [3.63, 3.8) is 0 Å². The van der Waals surface area contributed by atoms with Crippen molar-refractivity contribution in [1.82, 2.24) is 9.78 Å². The summed E-state index contributed by atoms with van der Waals surface area (Å²) < 4.78 is 1.45. The van der Waals surface area contributed by atoms with Crippen LogP contribution in [0.5, 0.6) is 5.75 Å². The molecule has 0 aliphatic heterocycles. The first-order chi connectivity index (χ1) is 8.67. The number of benzene rings is 1. The van der Waals surface area contributed by atoms with E-state index < -0.39 is 0 Å². The molecular weight excluding hydrogens is 230 g/mol. The van der Waals surface area contributed by atoms with E-state index >= 15 is 0 Å². The van der Waals surface area contributed by atoms with Gasteiger partial charge in [0.15, 0.2) is 0 Å². The van der Waals surface area contributed by atoms with Crippen LogP contribution in [0.25, 0.3) is 5.69 Å². The molecule has 4 N–H and O–H groups in total. The van der Waals surface area contributed by atoms with Gasteiger partial charge >= 0.3 is 0 Å². The molecule has 0 amide bonds. The standard InChI is InChI=1S/C13H17N3O2/c1-2-12-11(6-7-14)13(18)16(15-12)9-4-3-5-10(17)8-9/h3-5,8,15,17H,2,6-7,14H2,1H3. The van der Waals surface area contributed by atoms with E-state index in [2.05, 4.69) is 5.10 Å². The monoisotopic (exact) mass is 247 g/mol. The third kappa shape index (κ3) is 2.17. The second-order valence-electron chi connectivity index (χ2n) is 4.12. The van der Waals surface area contributed by atoms with E-state index in [0.717, 1.165) is 17.7 Å². The number of hydrogen-bond acceptors (Lipinski definition) is 3. The number of rotatable bonds is 4. The second kappa shape index (κ2) is 5.10. The zero-order chi connectivity index (χ0) is 13.1. The van der Waals surface area contributed by atoms with E-state index in [0.29, 0.717) is 18.7 Å². The SMILES string of the molecule is CCc1[nH]n(-c2cccc(O)c2)c(=O)c1CCN. The van der Waals surface area contributed by atoms with Crippen LogP contribution in [-0.2, 0) is 12.8 Å². The lowest BCUT2D eigenvalue weighted by Gasteiger charge is -2.01. The average molecular weight is 247 g/mol. The fraction of sp³-hybridized carbons (Fsp3) is 0.308. The molecule has 0 bridgehead atoms. The Balaban J connectivity index is 2.55. The summed E-state index contributed by atoms with van der Waals surface area (Å²) in [5.41, 5.74) is 7.67. The Morgan fingerprint density at radius 3 is 2.83 bits per heavy atom. The summed E-state index contributed by atoms with van der Waals surface area (Å²) in [6, 6.07) is 6.58. The maximum absolute atomic E-state index is 12.2. The number of nitrogens with zero attached hydrogens (tertiary/aromatic N) is 1. The fourth-order valence-electron chi connectivity index (χ4n) is 2.03. The van der Waals surface area contributed by atoms with Crippen LogP contribution in [0.4, 0.5) is 0 Å². The summed E-state index contributed by atoms with van der Waals surface area (Å²) in [4.78, 5) is 12.2. The number of nitrogens with two attached hydrogens (primary N) is 1. The summed E-state index contributed by atoms with van der Waals surface area (Å²) >= 11 is 0. The number of aromatic hydroxyl groups is 1. The van der Waals surface area contributed by atoms with E-state index in [1.807, 2.05) is 6.92 Å². The lowest BCUT2D eigenvalue weighted by Crippen LogP contribution is -2.19. The summed E-state index contributed by atoms with van der Waals surface area (Å²) in [5.74, 6) is 0.132. The van der Waals surface area contributed by atoms with Crippen molar-refractivity contribution in [2.45, 2.75) is 19.8 Å². The first-order valence-corrected chi connectivity index (χ1v) is 5.99. The van der Waals surface area contributed by atoms with Gasteiger partial charge < -0.3 is 10.8 Å². The van der Waals surface area contributed by atoms with Gasteiger partial charge in [-0.15, -0.1) is 0 Å². The van der Waals surface area contributed by atoms with Gasteiger partial charge in [0.1, 0.15) is 5.75 Å². The molecular formula is C13H17N3O2. The molecule has 5 nitrogen and oxygen atoms in total. The maximum atomic E-state index is 12.2. The largest absolute Gasteiger partial charge is 0.508 e. The van der Waals surface area contributed by atoms with Crippen LogP contribution in [0, 0.1) is 0 Å². The number of nitrogens with one attached hydrogen (secondary N) is 1. The van der Waals surface area contributed by atoms with Crippen LogP contribution < -0.4 is 11.3 Å². The number of aromatic amines is 1. The van der Waals surface area contributed by atoms with Gasteiger partial charge in [-0.05, 0) is 31.5 Å².